The van der Waals surface area contributed by atoms with Crippen molar-refractivity contribution in [3.05, 3.63) is 33.8 Å². The Kier molecular flexibility index (Phi) is 4.10. The Bertz CT molecular complexity index is 486. The number of benzene rings is 1. The van der Waals surface area contributed by atoms with E-state index in [1.165, 1.54) is 42.4 Å². The van der Waals surface area contributed by atoms with Crippen LogP contribution in [0.15, 0.2) is 12.1 Å². The van der Waals surface area contributed by atoms with Crippen molar-refractivity contribution in [2.24, 2.45) is 17.8 Å². The highest BCUT2D eigenvalue weighted by Crippen LogP contribution is 2.57. The molecular weight excluding hydrogens is 266 g/mol. The van der Waals surface area contributed by atoms with Crippen LogP contribution in [0, 0.1) is 31.6 Å². The Morgan fingerprint density at radius 1 is 1.15 bits per heavy atom. The van der Waals surface area contributed by atoms with E-state index in [0.29, 0.717) is 6.04 Å². The molecule has 3 atom stereocenters. The maximum absolute atomic E-state index is 6.56. The zero-order chi connectivity index (χ0) is 14.3. The fourth-order valence-corrected chi connectivity index (χ4v) is 4.24. The van der Waals surface area contributed by atoms with Crippen LogP contribution in [0.3, 0.4) is 0 Å². The topological polar surface area (TPSA) is 12.0 Å². The molecule has 2 aliphatic rings. The van der Waals surface area contributed by atoms with Crippen molar-refractivity contribution in [1.29, 1.82) is 0 Å². The molecule has 110 valence electrons. The Labute approximate surface area is 128 Å². The molecule has 1 N–H and O–H groups in total. The summed E-state index contributed by atoms with van der Waals surface area (Å²) in [6.07, 6.45) is 5.46. The zero-order valence-corrected chi connectivity index (χ0v) is 13.6. The summed E-state index contributed by atoms with van der Waals surface area (Å²) in [5.74, 6) is 2.83. The first kappa shape index (κ1) is 14.4. The molecule has 20 heavy (non-hydrogen) atoms. The minimum absolute atomic E-state index is 0.453. The second-order valence-electron chi connectivity index (χ2n) is 6.88. The third-order valence-corrected chi connectivity index (χ3v) is 5.64. The van der Waals surface area contributed by atoms with E-state index in [1.807, 2.05) is 0 Å². The third-order valence-electron chi connectivity index (χ3n) is 5.31. The van der Waals surface area contributed by atoms with Crippen molar-refractivity contribution in [2.45, 2.75) is 52.5 Å². The highest BCUT2D eigenvalue weighted by molar-refractivity contribution is 6.31. The molecule has 3 rings (SSSR count). The van der Waals surface area contributed by atoms with Gasteiger partial charge in [0.05, 0.1) is 0 Å². The standard InChI is InChI=1S/C18H26ClN/c1-4-5-20-18(15-9-13-8-14(13)10-15)16-6-11(2)12(3)7-17(16)19/h6-7,13-15,18,20H,4-5,8-10H2,1-3H3. The lowest BCUT2D eigenvalue weighted by molar-refractivity contribution is 0.342. The summed E-state index contributed by atoms with van der Waals surface area (Å²) in [7, 11) is 0. The molecule has 3 unspecified atom stereocenters. The van der Waals surface area contributed by atoms with E-state index in [0.717, 1.165) is 29.3 Å². The van der Waals surface area contributed by atoms with Gasteiger partial charge >= 0.3 is 0 Å². The number of rotatable bonds is 5. The van der Waals surface area contributed by atoms with Gasteiger partial charge in [0.15, 0.2) is 0 Å². The van der Waals surface area contributed by atoms with E-state index in [9.17, 15) is 0 Å². The Morgan fingerprint density at radius 3 is 2.45 bits per heavy atom. The van der Waals surface area contributed by atoms with Gasteiger partial charge in [-0.15, -0.1) is 0 Å². The summed E-state index contributed by atoms with van der Waals surface area (Å²) >= 11 is 6.56. The molecule has 2 heteroatoms. The van der Waals surface area contributed by atoms with Gasteiger partial charge in [0, 0.05) is 11.1 Å². The lowest BCUT2D eigenvalue weighted by atomic mass is 9.87. The highest BCUT2D eigenvalue weighted by atomic mass is 35.5. The summed E-state index contributed by atoms with van der Waals surface area (Å²) in [4.78, 5) is 0. The van der Waals surface area contributed by atoms with Crippen LogP contribution in [0.2, 0.25) is 5.02 Å². The van der Waals surface area contributed by atoms with Crippen LogP contribution < -0.4 is 5.32 Å². The molecule has 2 fully saturated rings. The molecule has 1 aromatic carbocycles. The summed E-state index contributed by atoms with van der Waals surface area (Å²) in [6.45, 7) is 7.65. The molecule has 0 aliphatic heterocycles. The van der Waals surface area contributed by atoms with Crippen LogP contribution in [0.5, 0.6) is 0 Å². The largest absolute Gasteiger partial charge is 0.310 e. The first-order chi connectivity index (χ1) is 9.60. The Morgan fingerprint density at radius 2 is 1.80 bits per heavy atom. The monoisotopic (exact) mass is 291 g/mol. The van der Waals surface area contributed by atoms with E-state index in [4.69, 9.17) is 11.6 Å². The molecule has 0 radical (unpaired) electrons. The van der Waals surface area contributed by atoms with Gasteiger partial charge in [-0.1, -0.05) is 24.6 Å². The van der Waals surface area contributed by atoms with Crippen LogP contribution in [0.1, 0.15) is 55.3 Å². The number of hydrogen-bond acceptors (Lipinski definition) is 1. The maximum Gasteiger partial charge on any atom is 0.0456 e. The highest BCUT2D eigenvalue weighted by Gasteiger charge is 2.48. The van der Waals surface area contributed by atoms with Gasteiger partial charge in [0.25, 0.3) is 0 Å². The number of fused-ring (bicyclic) bond motifs is 1. The van der Waals surface area contributed by atoms with Crippen LogP contribution in [0.4, 0.5) is 0 Å². The average molecular weight is 292 g/mol. The van der Waals surface area contributed by atoms with Gasteiger partial charge < -0.3 is 5.32 Å². The van der Waals surface area contributed by atoms with Crippen molar-refractivity contribution in [1.82, 2.24) is 5.32 Å². The van der Waals surface area contributed by atoms with E-state index in [-0.39, 0.29) is 0 Å². The van der Waals surface area contributed by atoms with Crippen molar-refractivity contribution in [3.63, 3.8) is 0 Å². The summed E-state index contributed by atoms with van der Waals surface area (Å²) in [5, 5.41) is 4.72. The average Bonchev–Trinajstić information content (AvgIpc) is 3.02. The van der Waals surface area contributed by atoms with Crippen molar-refractivity contribution >= 4 is 11.6 Å². The van der Waals surface area contributed by atoms with Crippen LogP contribution in [-0.2, 0) is 0 Å². The first-order valence-electron chi connectivity index (χ1n) is 8.10. The summed E-state index contributed by atoms with van der Waals surface area (Å²) in [6, 6.07) is 4.91. The van der Waals surface area contributed by atoms with Gasteiger partial charge in [-0.05, 0) is 86.6 Å². The molecule has 0 spiro atoms. The van der Waals surface area contributed by atoms with E-state index in [1.54, 1.807) is 0 Å². The molecule has 2 aliphatic carbocycles. The second-order valence-corrected chi connectivity index (χ2v) is 7.28. The lowest BCUT2D eigenvalue weighted by Crippen LogP contribution is -2.29. The number of nitrogens with one attached hydrogen (secondary N) is 1. The lowest BCUT2D eigenvalue weighted by Gasteiger charge is -2.28. The molecule has 0 bridgehead atoms. The van der Waals surface area contributed by atoms with Crippen molar-refractivity contribution in [2.75, 3.05) is 6.54 Å². The van der Waals surface area contributed by atoms with Crippen molar-refractivity contribution in [3.8, 4) is 0 Å². The number of halogens is 1. The first-order valence-corrected chi connectivity index (χ1v) is 8.48. The molecule has 1 nitrogen and oxygen atoms in total. The van der Waals surface area contributed by atoms with Gasteiger partial charge in [0.1, 0.15) is 0 Å². The van der Waals surface area contributed by atoms with Gasteiger partial charge in [0.2, 0.25) is 0 Å². The van der Waals surface area contributed by atoms with Gasteiger partial charge in [-0.2, -0.15) is 0 Å². The molecule has 0 saturated heterocycles. The molecular formula is C18H26ClN. The Hall–Kier alpha value is -0.530. The molecule has 2 saturated carbocycles. The normalized spacial score (nSPS) is 29.3. The van der Waals surface area contributed by atoms with Crippen LogP contribution in [0.25, 0.3) is 0 Å². The van der Waals surface area contributed by atoms with E-state index in [2.05, 4.69) is 38.2 Å². The van der Waals surface area contributed by atoms with Crippen LogP contribution >= 0.6 is 11.6 Å². The maximum atomic E-state index is 6.56. The fraction of sp³-hybridized carbons (Fsp3) is 0.667. The second kappa shape index (κ2) is 5.69. The molecule has 0 aromatic heterocycles. The number of aryl methyl sites for hydroxylation is 2. The fourth-order valence-electron chi connectivity index (χ4n) is 3.91. The summed E-state index contributed by atoms with van der Waals surface area (Å²) in [5.41, 5.74) is 3.98. The minimum atomic E-state index is 0.453. The van der Waals surface area contributed by atoms with Crippen molar-refractivity contribution < 1.29 is 0 Å². The van der Waals surface area contributed by atoms with E-state index < -0.39 is 0 Å². The molecule has 0 heterocycles. The van der Waals surface area contributed by atoms with Gasteiger partial charge in [-0.25, -0.2) is 0 Å². The smallest absolute Gasteiger partial charge is 0.0456 e. The Balaban J connectivity index is 1.86. The summed E-state index contributed by atoms with van der Waals surface area (Å²) < 4.78 is 0. The predicted octanol–water partition coefficient (Wildman–Crippen LogP) is 5.04. The third kappa shape index (κ3) is 2.76. The zero-order valence-electron chi connectivity index (χ0n) is 12.9. The van der Waals surface area contributed by atoms with E-state index >= 15 is 0 Å². The quantitative estimate of drug-likeness (QED) is 0.801. The predicted molar refractivity (Wildman–Crippen MR) is 86.3 cm³/mol. The number of hydrogen-bond donors (Lipinski definition) is 1. The van der Waals surface area contributed by atoms with Gasteiger partial charge in [-0.3, -0.25) is 0 Å². The SMILES string of the molecule is CCCNC(c1cc(C)c(C)cc1Cl)C1CC2CC2C1. The molecule has 1 aromatic rings. The molecule has 0 amide bonds. The minimum Gasteiger partial charge on any atom is -0.310 e. The van der Waals surface area contributed by atoms with Crippen LogP contribution in [-0.4, -0.2) is 6.54 Å².